The molecule has 0 aromatic carbocycles. The highest BCUT2D eigenvalue weighted by Gasteiger charge is 2.35. The Morgan fingerprint density at radius 2 is 1.70 bits per heavy atom. The van der Waals surface area contributed by atoms with E-state index in [4.69, 9.17) is 0 Å². The molecule has 0 radical (unpaired) electrons. The van der Waals surface area contributed by atoms with Crippen LogP contribution in [0.15, 0.2) is 0 Å². The molecule has 0 aliphatic carbocycles. The Morgan fingerprint density at radius 3 is 2.26 bits per heavy atom. The minimum Gasteiger partial charge on any atom is -0.392 e. The molecule has 23 heavy (non-hydrogen) atoms. The Morgan fingerprint density at radius 1 is 1.04 bits per heavy atom. The van der Waals surface area contributed by atoms with Gasteiger partial charge in [-0.25, -0.2) is 0 Å². The third-order valence-corrected chi connectivity index (χ3v) is 5.35. The summed E-state index contributed by atoms with van der Waals surface area (Å²) in [6.45, 7) is 7.04. The summed E-state index contributed by atoms with van der Waals surface area (Å²) in [7, 11) is 0. The maximum atomic E-state index is 12.5. The molecule has 3 atom stereocenters. The molecular weight excluding hydrogens is 296 g/mol. The van der Waals surface area contributed by atoms with Crippen molar-refractivity contribution in [3.8, 4) is 0 Å². The van der Waals surface area contributed by atoms with Gasteiger partial charge in [-0.1, -0.05) is 0 Å². The largest absolute Gasteiger partial charge is 0.392 e. The molecule has 7 nitrogen and oxygen atoms in total. The molecule has 2 N–H and O–H groups in total. The van der Waals surface area contributed by atoms with E-state index in [1.54, 1.807) is 0 Å². The van der Waals surface area contributed by atoms with Gasteiger partial charge in [0.1, 0.15) is 0 Å². The predicted octanol–water partition coefficient (Wildman–Crippen LogP) is -1.14. The number of carbonyl (C=O) groups excluding carboxylic acids is 2. The molecule has 2 amide bonds. The minimum absolute atomic E-state index is 0.0831. The maximum absolute atomic E-state index is 12.5. The van der Waals surface area contributed by atoms with Gasteiger partial charge >= 0.3 is 0 Å². The van der Waals surface area contributed by atoms with Gasteiger partial charge in [0, 0.05) is 45.8 Å². The number of nitrogens with one attached hydrogen (secondary N) is 1. The Labute approximate surface area is 137 Å². The predicted molar refractivity (Wildman–Crippen MR) is 85.8 cm³/mol. The molecule has 3 aliphatic rings. The summed E-state index contributed by atoms with van der Waals surface area (Å²) in [6, 6.07) is -0.350. The number of hydrogen-bond donors (Lipinski definition) is 2. The van der Waals surface area contributed by atoms with Crippen LogP contribution in [0.3, 0.4) is 0 Å². The summed E-state index contributed by atoms with van der Waals surface area (Å²) in [4.78, 5) is 30.9. The van der Waals surface area contributed by atoms with Crippen LogP contribution in [0.25, 0.3) is 0 Å². The average molecular weight is 324 g/mol. The second-order valence-corrected chi connectivity index (χ2v) is 6.92. The normalized spacial score (nSPS) is 30.7. The molecule has 3 aliphatic heterocycles. The van der Waals surface area contributed by atoms with E-state index in [0.717, 1.165) is 39.0 Å². The summed E-state index contributed by atoms with van der Waals surface area (Å²) < 4.78 is 0. The van der Waals surface area contributed by atoms with Gasteiger partial charge in [0.25, 0.3) is 0 Å². The zero-order chi connectivity index (χ0) is 16.4. The van der Waals surface area contributed by atoms with Crippen LogP contribution in [0.1, 0.15) is 26.2 Å². The number of amides is 2. The van der Waals surface area contributed by atoms with E-state index in [0.29, 0.717) is 26.1 Å². The third-order valence-electron chi connectivity index (χ3n) is 5.35. The molecule has 0 bridgehead atoms. The van der Waals surface area contributed by atoms with Gasteiger partial charge in [0.2, 0.25) is 11.8 Å². The molecule has 7 heteroatoms. The fourth-order valence-electron chi connectivity index (χ4n) is 3.81. The first-order valence-electron chi connectivity index (χ1n) is 8.79. The molecule has 0 spiro atoms. The quantitative estimate of drug-likeness (QED) is 0.687. The van der Waals surface area contributed by atoms with Crippen LogP contribution < -0.4 is 5.32 Å². The molecule has 3 rings (SSSR count). The number of aliphatic hydroxyl groups is 1. The van der Waals surface area contributed by atoms with Crippen molar-refractivity contribution in [3.63, 3.8) is 0 Å². The van der Waals surface area contributed by atoms with E-state index in [1.165, 1.54) is 0 Å². The van der Waals surface area contributed by atoms with Gasteiger partial charge in [-0.05, 0) is 26.2 Å². The van der Waals surface area contributed by atoms with Crippen molar-refractivity contribution in [2.24, 2.45) is 0 Å². The van der Waals surface area contributed by atoms with Crippen LogP contribution in [0.2, 0.25) is 0 Å². The number of carbonyl (C=O) groups is 2. The zero-order valence-electron chi connectivity index (χ0n) is 13.9. The summed E-state index contributed by atoms with van der Waals surface area (Å²) >= 11 is 0. The molecule has 130 valence electrons. The van der Waals surface area contributed by atoms with Crippen LogP contribution >= 0.6 is 0 Å². The fraction of sp³-hybridized carbons (Fsp3) is 0.875. The topological polar surface area (TPSA) is 76.1 Å². The van der Waals surface area contributed by atoms with Gasteiger partial charge in [0.05, 0.1) is 18.2 Å². The Kier molecular flexibility index (Phi) is 5.18. The first kappa shape index (κ1) is 16.7. The van der Waals surface area contributed by atoms with Crippen molar-refractivity contribution in [2.75, 3.05) is 45.8 Å². The minimum atomic E-state index is -0.414. The molecular formula is C16H28N4O3. The number of likely N-dealkylation sites (tertiary alicyclic amines) is 1. The lowest BCUT2D eigenvalue weighted by Gasteiger charge is -2.39. The highest BCUT2D eigenvalue weighted by molar-refractivity contribution is 5.83. The van der Waals surface area contributed by atoms with Crippen molar-refractivity contribution < 1.29 is 14.7 Å². The molecule has 3 heterocycles. The fourth-order valence-corrected chi connectivity index (χ4v) is 3.81. The Balaban J connectivity index is 1.48. The lowest BCUT2D eigenvalue weighted by molar-refractivity contribution is -0.138. The highest BCUT2D eigenvalue weighted by Crippen LogP contribution is 2.15. The van der Waals surface area contributed by atoms with E-state index in [2.05, 4.69) is 10.2 Å². The second kappa shape index (κ2) is 7.15. The van der Waals surface area contributed by atoms with E-state index in [-0.39, 0.29) is 23.9 Å². The van der Waals surface area contributed by atoms with Crippen LogP contribution in [0, 0.1) is 0 Å². The van der Waals surface area contributed by atoms with E-state index in [1.807, 2.05) is 16.7 Å². The summed E-state index contributed by atoms with van der Waals surface area (Å²) in [6.07, 6.45) is 2.31. The van der Waals surface area contributed by atoms with E-state index >= 15 is 0 Å². The average Bonchev–Trinajstić information content (AvgIpc) is 3.24. The molecule has 0 aromatic rings. The Bertz CT molecular complexity index is 445. The first-order chi connectivity index (χ1) is 11.1. The van der Waals surface area contributed by atoms with Crippen LogP contribution in [0.4, 0.5) is 0 Å². The number of β-amino-alcohol motifs (C(OH)–C–C–N with tert-alkyl or cyclic N) is 1. The standard InChI is InChI=1S/C16H28N4O3/c1-12(15(22)19-4-2-3-5-19)18-6-8-20(9-7-18)16(23)14-10-13(21)11-17-14/h12-14,17,21H,2-11H2,1H3. The Hall–Kier alpha value is -1.18. The molecule has 3 unspecified atom stereocenters. The zero-order valence-corrected chi connectivity index (χ0v) is 13.9. The number of rotatable bonds is 3. The lowest BCUT2D eigenvalue weighted by atomic mass is 10.1. The molecule has 0 aromatic heterocycles. The second-order valence-electron chi connectivity index (χ2n) is 6.92. The molecule has 3 fully saturated rings. The van der Waals surface area contributed by atoms with E-state index in [9.17, 15) is 14.7 Å². The SMILES string of the molecule is CC(C(=O)N1CCCC1)N1CCN(C(=O)C2CC(O)CN2)CC1. The van der Waals surface area contributed by atoms with Crippen molar-refractivity contribution >= 4 is 11.8 Å². The van der Waals surface area contributed by atoms with Crippen molar-refractivity contribution in [1.29, 1.82) is 0 Å². The van der Waals surface area contributed by atoms with Crippen molar-refractivity contribution in [1.82, 2.24) is 20.0 Å². The molecule has 3 saturated heterocycles. The number of nitrogens with zero attached hydrogens (tertiary/aromatic N) is 3. The number of aliphatic hydroxyl groups excluding tert-OH is 1. The number of hydrogen-bond acceptors (Lipinski definition) is 5. The van der Waals surface area contributed by atoms with Gasteiger partial charge in [0.15, 0.2) is 0 Å². The van der Waals surface area contributed by atoms with E-state index < -0.39 is 6.10 Å². The summed E-state index contributed by atoms with van der Waals surface area (Å²) in [5.41, 5.74) is 0. The maximum Gasteiger partial charge on any atom is 0.239 e. The smallest absolute Gasteiger partial charge is 0.239 e. The number of piperazine rings is 1. The summed E-state index contributed by atoms with van der Waals surface area (Å²) in [5, 5.41) is 12.6. The van der Waals surface area contributed by atoms with Crippen molar-refractivity contribution in [2.45, 2.75) is 44.4 Å². The van der Waals surface area contributed by atoms with Gasteiger partial charge in [-0.2, -0.15) is 0 Å². The van der Waals surface area contributed by atoms with Crippen LogP contribution in [-0.4, -0.2) is 95.6 Å². The lowest BCUT2D eigenvalue weighted by Crippen LogP contribution is -2.57. The van der Waals surface area contributed by atoms with Crippen LogP contribution in [0.5, 0.6) is 0 Å². The summed E-state index contributed by atoms with van der Waals surface area (Å²) in [5.74, 6) is 0.308. The van der Waals surface area contributed by atoms with Crippen molar-refractivity contribution in [3.05, 3.63) is 0 Å². The van der Waals surface area contributed by atoms with Gasteiger partial charge < -0.3 is 20.2 Å². The first-order valence-corrected chi connectivity index (χ1v) is 8.79. The molecule has 0 saturated carbocycles. The van der Waals surface area contributed by atoms with Crippen LogP contribution in [-0.2, 0) is 9.59 Å². The van der Waals surface area contributed by atoms with Gasteiger partial charge in [-0.3, -0.25) is 14.5 Å². The monoisotopic (exact) mass is 324 g/mol. The highest BCUT2D eigenvalue weighted by atomic mass is 16.3. The third kappa shape index (κ3) is 3.67. The van der Waals surface area contributed by atoms with Gasteiger partial charge in [-0.15, -0.1) is 0 Å².